The van der Waals surface area contributed by atoms with E-state index in [1.165, 1.54) is 0 Å². The fourth-order valence-electron chi connectivity index (χ4n) is 5.50. The number of hydrogen-bond acceptors (Lipinski definition) is 5. The molecule has 1 atom stereocenters. The molecule has 2 aromatic heterocycles. The van der Waals surface area contributed by atoms with E-state index in [1.54, 1.807) is 0 Å². The number of nitrogens with one attached hydrogen (secondary N) is 2. The summed E-state index contributed by atoms with van der Waals surface area (Å²) in [4.78, 5) is 6.98. The molecule has 8 heteroatoms. The number of pyridine rings is 1. The quantitative estimate of drug-likeness (QED) is 0.337. The van der Waals surface area contributed by atoms with Crippen molar-refractivity contribution in [3.05, 3.63) is 82.6 Å². The fraction of sp³-hybridized carbons (Fsp3) is 0.233. The Hall–Kier alpha value is -4.12. The van der Waals surface area contributed by atoms with Gasteiger partial charge in [-0.1, -0.05) is 29.8 Å². The second-order valence-corrected chi connectivity index (χ2v) is 10.5. The first-order valence-electron chi connectivity index (χ1n) is 12.7. The van der Waals surface area contributed by atoms with Crippen molar-refractivity contribution < 1.29 is 0 Å². The molecular formula is C30H28ClN7. The summed E-state index contributed by atoms with van der Waals surface area (Å²) in [6.45, 7) is 6.81. The van der Waals surface area contributed by atoms with E-state index in [2.05, 4.69) is 48.3 Å². The van der Waals surface area contributed by atoms with E-state index in [1.807, 2.05) is 58.8 Å². The Kier molecular flexibility index (Phi) is 5.94. The highest BCUT2D eigenvalue weighted by Gasteiger charge is 2.22. The zero-order chi connectivity index (χ0) is 26.6. The van der Waals surface area contributed by atoms with Crippen molar-refractivity contribution in [2.24, 2.45) is 7.05 Å². The first kappa shape index (κ1) is 24.2. The van der Waals surface area contributed by atoms with E-state index in [4.69, 9.17) is 22.0 Å². The summed E-state index contributed by atoms with van der Waals surface area (Å²) < 4.78 is 3.79. The summed E-state index contributed by atoms with van der Waals surface area (Å²) in [6, 6.07) is 20.8. The molecule has 1 fully saturated rings. The highest BCUT2D eigenvalue weighted by molar-refractivity contribution is 6.30. The Balaban J connectivity index is 1.60. The van der Waals surface area contributed by atoms with Crippen molar-refractivity contribution >= 4 is 39.2 Å². The molecule has 0 aliphatic carbocycles. The van der Waals surface area contributed by atoms with Crippen LogP contribution >= 0.6 is 11.6 Å². The van der Waals surface area contributed by atoms with Gasteiger partial charge in [0.25, 0.3) is 0 Å². The van der Waals surface area contributed by atoms with Gasteiger partial charge in [0, 0.05) is 43.1 Å². The molecule has 7 nitrogen and oxygen atoms in total. The summed E-state index contributed by atoms with van der Waals surface area (Å²) in [5.41, 5.74) is 8.42. The molecule has 0 amide bonds. The van der Waals surface area contributed by atoms with E-state index in [9.17, 15) is 5.26 Å². The lowest BCUT2D eigenvalue weighted by Gasteiger charge is -2.34. The lowest BCUT2D eigenvalue weighted by Crippen LogP contribution is -2.49. The molecule has 190 valence electrons. The Bertz CT molecular complexity index is 1810. The summed E-state index contributed by atoms with van der Waals surface area (Å²) in [6.07, 6.45) is 1.82. The maximum atomic E-state index is 10.1. The molecule has 2 N–H and O–H groups in total. The molecule has 0 saturated carbocycles. The number of piperazine rings is 1. The molecule has 38 heavy (non-hydrogen) atoms. The number of fused-ring (bicyclic) bond motifs is 3. The number of rotatable bonds is 3. The van der Waals surface area contributed by atoms with Crippen molar-refractivity contribution in [1.29, 1.82) is 10.7 Å². The van der Waals surface area contributed by atoms with Crippen LogP contribution in [0.15, 0.2) is 60.8 Å². The van der Waals surface area contributed by atoms with Gasteiger partial charge in [0.2, 0.25) is 5.62 Å². The molecule has 3 aromatic carbocycles. The van der Waals surface area contributed by atoms with Crippen LogP contribution in [0.3, 0.4) is 0 Å². The minimum absolute atomic E-state index is 0.321. The second-order valence-electron chi connectivity index (χ2n) is 10.0. The second kappa shape index (κ2) is 9.32. The minimum atomic E-state index is 0.321. The molecular weight excluding hydrogens is 494 g/mol. The van der Waals surface area contributed by atoms with Gasteiger partial charge in [-0.15, -0.1) is 0 Å². The first-order chi connectivity index (χ1) is 18.4. The van der Waals surface area contributed by atoms with Crippen LogP contribution in [-0.4, -0.2) is 39.8 Å². The van der Waals surface area contributed by atoms with Crippen LogP contribution in [-0.2, 0) is 7.05 Å². The van der Waals surface area contributed by atoms with E-state index in [0.717, 1.165) is 69.6 Å². The highest BCUT2D eigenvalue weighted by atomic mass is 35.5. The highest BCUT2D eigenvalue weighted by Crippen LogP contribution is 2.33. The Morgan fingerprint density at radius 2 is 1.84 bits per heavy atom. The minimum Gasteiger partial charge on any atom is -0.368 e. The van der Waals surface area contributed by atoms with Gasteiger partial charge in [-0.25, -0.2) is 0 Å². The third kappa shape index (κ3) is 3.94. The number of aryl methyl sites for hydroxylation is 2. The van der Waals surface area contributed by atoms with Crippen molar-refractivity contribution in [3.63, 3.8) is 0 Å². The standard InChI is InChI=1S/C30H28ClN7/c1-18-12-27(37-11-10-34-19(2)17-37)22(15-32)14-26(18)38-29-24-13-21(20-4-7-23(31)8-5-20)6-9-25(24)35-16-28(29)36(3)30(38)33/h4-9,12-14,16,19,33-34H,10-11,17H2,1-3H3. The van der Waals surface area contributed by atoms with E-state index >= 15 is 0 Å². The zero-order valence-electron chi connectivity index (χ0n) is 21.6. The van der Waals surface area contributed by atoms with Gasteiger partial charge in [0.15, 0.2) is 0 Å². The molecule has 1 aliphatic rings. The van der Waals surface area contributed by atoms with Crippen LogP contribution in [0.25, 0.3) is 38.8 Å². The van der Waals surface area contributed by atoms with Crippen molar-refractivity contribution in [2.45, 2.75) is 19.9 Å². The number of halogens is 1. The SMILES string of the molecule is Cc1cc(N2CCNC(C)C2)c(C#N)cc1-n1c(=N)n(C)c2cnc3ccc(-c4ccc(Cl)cc4)cc3c21. The number of nitriles is 1. The molecule has 0 spiro atoms. The van der Waals surface area contributed by atoms with E-state index < -0.39 is 0 Å². The average molecular weight is 522 g/mol. The summed E-state index contributed by atoms with van der Waals surface area (Å²) in [7, 11) is 1.88. The predicted molar refractivity (Wildman–Crippen MR) is 153 cm³/mol. The Morgan fingerprint density at radius 3 is 2.58 bits per heavy atom. The normalized spacial score (nSPS) is 15.8. The largest absolute Gasteiger partial charge is 0.368 e. The smallest absolute Gasteiger partial charge is 0.207 e. The van der Waals surface area contributed by atoms with Crippen LogP contribution in [0.1, 0.15) is 18.1 Å². The summed E-state index contributed by atoms with van der Waals surface area (Å²) in [5.74, 6) is 0. The third-order valence-corrected chi connectivity index (χ3v) is 7.75. The van der Waals surface area contributed by atoms with E-state index in [0.29, 0.717) is 22.2 Å². The fourth-order valence-corrected chi connectivity index (χ4v) is 5.63. The number of imidazole rings is 1. The molecule has 1 saturated heterocycles. The summed E-state index contributed by atoms with van der Waals surface area (Å²) in [5, 5.41) is 24.3. The Labute approximate surface area is 226 Å². The van der Waals surface area contributed by atoms with Crippen molar-refractivity contribution in [1.82, 2.24) is 19.4 Å². The number of nitrogens with zero attached hydrogens (tertiary/aromatic N) is 5. The number of aromatic nitrogens is 3. The lowest BCUT2D eigenvalue weighted by molar-refractivity contribution is 0.484. The van der Waals surface area contributed by atoms with Gasteiger partial charge in [0.1, 0.15) is 6.07 Å². The summed E-state index contributed by atoms with van der Waals surface area (Å²) >= 11 is 6.12. The topological polar surface area (TPSA) is 85.7 Å². The van der Waals surface area contributed by atoms with Gasteiger partial charge < -0.3 is 14.8 Å². The van der Waals surface area contributed by atoms with Crippen LogP contribution in [0.4, 0.5) is 5.69 Å². The number of hydrogen-bond donors (Lipinski definition) is 2. The third-order valence-electron chi connectivity index (χ3n) is 7.50. The van der Waals surface area contributed by atoms with Crippen LogP contribution in [0.2, 0.25) is 5.02 Å². The monoisotopic (exact) mass is 521 g/mol. The zero-order valence-corrected chi connectivity index (χ0v) is 22.3. The van der Waals surface area contributed by atoms with Gasteiger partial charge in [-0.05, 0) is 66.9 Å². The maximum absolute atomic E-state index is 10.1. The van der Waals surface area contributed by atoms with Gasteiger partial charge >= 0.3 is 0 Å². The molecule has 1 aliphatic heterocycles. The molecule has 6 rings (SSSR count). The molecule has 1 unspecified atom stereocenters. The predicted octanol–water partition coefficient (Wildman–Crippen LogP) is 5.30. The van der Waals surface area contributed by atoms with Gasteiger partial charge in [-0.3, -0.25) is 15.0 Å². The van der Waals surface area contributed by atoms with Crippen LogP contribution in [0.5, 0.6) is 0 Å². The average Bonchev–Trinajstić information content (AvgIpc) is 3.18. The number of anilines is 1. The lowest BCUT2D eigenvalue weighted by atomic mass is 10.0. The van der Waals surface area contributed by atoms with Crippen molar-refractivity contribution in [3.8, 4) is 22.9 Å². The molecule has 0 bridgehead atoms. The molecule has 5 aromatic rings. The van der Waals surface area contributed by atoms with Gasteiger partial charge in [0.05, 0.1) is 39.7 Å². The Morgan fingerprint density at radius 1 is 1.08 bits per heavy atom. The maximum Gasteiger partial charge on any atom is 0.207 e. The van der Waals surface area contributed by atoms with Crippen LogP contribution < -0.4 is 15.8 Å². The van der Waals surface area contributed by atoms with E-state index in [-0.39, 0.29) is 0 Å². The first-order valence-corrected chi connectivity index (χ1v) is 13.1. The van der Waals surface area contributed by atoms with Gasteiger partial charge in [-0.2, -0.15) is 5.26 Å². The van der Waals surface area contributed by atoms with Crippen molar-refractivity contribution in [2.75, 3.05) is 24.5 Å². The van der Waals surface area contributed by atoms with Crippen LogP contribution in [0, 0.1) is 23.7 Å². The molecule has 3 heterocycles. The molecule has 0 radical (unpaired) electrons. The number of benzene rings is 3.